The van der Waals surface area contributed by atoms with Gasteiger partial charge in [-0.1, -0.05) is 18.2 Å². The fourth-order valence-electron chi connectivity index (χ4n) is 3.09. The summed E-state index contributed by atoms with van der Waals surface area (Å²) in [5.74, 6) is -1.09. The fourth-order valence-corrected chi connectivity index (χ4v) is 3.86. The smallest absolute Gasteiger partial charge is 0.282 e. The number of hydrogen-bond donors (Lipinski definition) is 1. The Labute approximate surface area is 171 Å². The van der Waals surface area contributed by atoms with Gasteiger partial charge in [-0.05, 0) is 54.8 Å². The van der Waals surface area contributed by atoms with Crippen molar-refractivity contribution < 1.29 is 18.7 Å². The number of carbonyl (C=O) groups excluding carboxylic acids is 2. The molecule has 4 rings (SSSR count). The fraction of sp³-hybridized carbons (Fsp3) is 0.0909. The summed E-state index contributed by atoms with van der Waals surface area (Å²) < 4.78 is 19.8. The van der Waals surface area contributed by atoms with Crippen LogP contribution in [0.3, 0.4) is 0 Å². The molecule has 146 valence electrons. The molecule has 2 heterocycles. The van der Waals surface area contributed by atoms with Crippen LogP contribution in [0.15, 0.2) is 71.7 Å². The van der Waals surface area contributed by atoms with Crippen LogP contribution >= 0.6 is 11.3 Å². The Bertz CT molecular complexity index is 1090. The number of nitrogens with one attached hydrogen (secondary N) is 1. The van der Waals surface area contributed by atoms with E-state index < -0.39 is 17.6 Å². The Morgan fingerprint density at radius 1 is 1.00 bits per heavy atom. The summed E-state index contributed by atoms with van der Waals surface area (Å²) in [6.45, 7) is 2.44. The molecule has 0 spiro atoms. The zero-order valence-electron chi connectivity index (χ0n) is 15.5. The number of anilines is 2. The summed E-state index contributed by atoms with van der Waals surface area (Å²) >= 11 is 1.34. The summed E-state index contributed by atoms with van der Waals surface area (Å²) in [6, 6.07) is 16.3. The standard InChI is InChI=1S/C22H17FN2O3S/c1-2-28-15-11-9-14(10-12-15)24-20-19(18-8-5-13-29-18)21(26)25(22(20)27)17-7-4-3-6-16(17)23/h3-13,24H,2H2,1H3. The molecule has 2 amide bonds. The number of amides is 2. The van der Waals surface area contributed by atoms with Gasteiger partial charge in [-0.3, -0.25) is 9.59 Å². The summed E-state index contributed by atoms with van der Waals surface area (Å²) in [4.78, 5) is 27.8. The molecular weight excluding hydrogens is 391 g/mol. The topological polar surface area (TPSA) is 58.6 Å². The minimum absolute atomic E-state index is 0.0694. The Balaban J connectivity index is 1.74. The van der Waals surface area contributed by atoms with Gasteiger partial charge in [0.2, 0.25) is 0 Å². The second kappa shape index (κ2) is 7.89. The molecule has 0 saturated heterocycles. The highest BCUT2D eigenvalue weighted by Gasteiger charge is 2.41. The third kappa shape index (κ3) is 3.52. The van der Waals surface area contributed by atoms with E-state index in [2.05, 4.69) is 5.32 Å². The average molecular weight is 408 g/mol. The van der Waals surface area contributed by atoms with E-state index in [4.69, 9.17) is 4.74 Å². The van der Waals surface area contributed by atoms with Crippen LogP contribution in [-0.2, 0) is 9.59 Å². The van der Waals surface area contributed by atoms with Crippen molar-refractivity contribution in [3.63, 3.8) is 0 Å². The second-order valence-corrected chi connectivity index (χ2v) is 7.15. The largest absolute Gasteiger partial charge is 0.494 e. The summed E-state index contributed by atoms with van der Waals surface area (Å²) in [5.41, 5.74) is 0.890. The zero-order chi connectivity index (χ0) is 20.4. The lowest BCUT2D eigenvalue weighted by Gasteiger charge is -2.16. The van der Waals surface area contributed by atoms with Crippen molar-refractivity contribution in [1.29, 1.82) is 0 Å². The third-order valence-corrected chi connectivity index (χ3v) is 5.27. The van der Waals surface area contributed by atoms with Crippen molar-refractivity contribution >= 4 is 40.1 Å². The maximum Gasteiger partial charge on any atom is 0.282 e. The molecule has 0 radical (unpaired) electrons. The van der Waals surface area contributed by atoms with Gasteiger partial charge in [0.1, 0.15) is 17.3 Å². The molecular formula is C22H17FN2O3S. The average Bonchev–Trinajstić information content (AvgIpc) is 3.32. The van der Waals surface area contributed by atoms with Gasteiger partial charge in [0.15, 0.2) is 0 Å². The first kappa shape index (κ1) is 18.9. The van der Waals surface area contributed by atoms with Crippen LogP contribution in [-0.4, -0.2) is 18.4 Å². The van der Waals surface area contributed by atoms with E-state index in [0.717, 1.165) is 4.90 Å². The number of halogens is 1. The van der Waals surface area contributed by atoms with Crippen molar-refractivity contribution in [1.82, 2.24) is 0 Å². The highest BCUT2D eigenvalue weighted by atomic mass is 32.1. The normalized spacial score (nSPS) is 13.9. The maximum absolute atomic E-state index is 14.3. The van der Waals surface area contributed by atoms with Crippen molar-refractivity contribution in [3.05, 3.63) is 82.4 Å². The number of hydrogen-bond acceptors (Lipinski definition) is 5. The van der Waals surface area contributed by atoms with Crippen LogP contribution in [0.5, 0.6) is 5.75 Å². The van der Waals surface area contributed by atoms with Gasteiger partial charge in [-0.2, -0.15) is 0 Å². The molecule has 0 bridgehead atoms. The van der Waals surface area contributed by atoms with Gasteiger partial charge < -0.3 is 10.1 Å². The zero-order valence-corrected chi connectivity index (χ0v) is 16.3. The molecule has 1 aliphatic rings. The van der Waals surface area contributed by atoms with Gasteiger partial charge in [0.05, 0.1) is 17.9 Å². The first-order chi connectivity index (χ1) is 14.1. The van der Waals surface area contributed by atoms with Gasteiger partial charge in [-0.15, -0.1) is 11.3 Å². The van der Waals surface area contributed by atoms with Gasteiger partial charge in [0.25, 0.3) is 11.8 Å². The van der Waals surface area contributed by atoms with Crippen LogP contribution < -0.4 is 15.0 Å². The molecule has 1 N–H and O–H groups in total. The van der Waals surface area contributed by atoms with E-state index in [1.54, 1.807) is 42.5 Å². The van der Waals surface area contributed by atoms with E-state index in [0.29, 0.717) is 22.9 Å². The SMILES string of the molecule is CCOc1ccc(NC2=C(c3cccs3)C(=O)N(c3ccccc3F)C2=O)cc1. The quantitative estimate of drug-likeness (QED) is 0.602. The highest BCUT2D eigenvalue weighted by molar-refractivity contribution is 7.11. The molecule has 0 saturated carbocycles. The van der Waals surface area contributed by atoms with Crippen molar-refractivity contribution in [3.8, 4) is 5.75 Å². The molecule has 2 aromatic carbocycles. The van der Waals surface area contributed by atoms with E-state index in [1.165, 1.54) is 29.5 Å². The van der Waals surface area contributed by atoms with E-state index in [1.807, 2.05) is 12.3 Å². The van der Waals surface area contributed by atoms with Crippen molar-refractivity contribution in [2.75, 3.05) is 16.8 Å². The van der Waals surface area contributed by atoms with E-state index >= 15 is 0 Å². The van der Waals surface area contributed by atoms with Crippen molar-refractivity contribution in [2.24, 2.45) is 0 Å². The number of thiophene rings is 1. The predicted octanol–water partition coefficient (Wildman–Crippen LogP) is 4.68. The van der Waals surface area contributed by atoms with Crippen LogP contribution in [0.2, 0.25) is 0 Å². The van der Waals surface area contributed by atoms with E-state index in [9.17, 15) is 14.0 Å². The van der Waals surface area contributed by atoms with Gasteiger partial charge >= 0.3 is 0 Å². The maximum atomic E-state index is 14.3. The van der Waals surface area contributed by atoms with E-state index in [-0.39, 0.29) is 17.0 Å². The molecule has 0 atom stereocenters. The molecule has 3 aromatic rings. The van der Waals surface area contributed by atoms with Gasteiger partial charge in [0, 0.05) is 10.6 Å². The molecule has 29 heavy (non-hydrogen) atoms. The minimum atomic E-state index is -0.637. The summed E-state index contributed by atoms with van der Waals surface area (Å²) in [5, 5.41) is 4.86. The second-order valence-electron chi connectivity index (χ2n) is 6.21. The summed E-state index contributed by atoms with van der Waals surface area (Å²) in [7, 11) is 0. The molecule has 7 heteroatoms. The first-order valence-corrected chi connectivity index (χ1v) is 9.89. The molecule has 0 fully saturated rings. The number of nitrogens with zero attached hydrogens (tertiary/aromatic N) is 1. The first-order valence-electron chi connectivity index (χ1n) is 9.01. The molecule has 1 aromatic heterocycles. The Morgan fingerprint density at radius 3 is 2.41 bits per heavy atom. The Hall–Kier alpha value is -3.45. The van der Waals surface area contributed by atoms with Crippen LogP contribution in [0.1, 0.15) is 11.8 Å². The molecule has 0 unspecified atom stereocenters. The van der Waals surface area contributed by atoms with Crippen LogP contribution in [0, 0.1) is 5.82 Å². The minimum Gasteiger partial charge on any atom is -0.494 e. The monoisotopic (exact) mass is 408 g/mol. The molecule has 1 aliphatic heterocycles. The number of benzene rings is 2. The summed E-state index contributed by atoms with van der Waals surface area (Å²) in [6.07, 6.45) is 0. The lowest BCUT2D eigenvalue weighted by Crippen LogP contribution is -2.33. The molecule has 0 aliphatic carbocycles. The Morgan fingerprint density at radius 2 is 1.76 bits per heavy atom. The van der Waals surface area contributed by atoms with Gasteiger partial charge in [-0.25, -0.2) is 9.29 Å². The number of carbonyl (C=O) groups is 2. The van der Waals surface area contributed by atoms with Crippen LogP contribution in [0.25, 0.3) is 5.57 Å². The number of rotatable bonds is 6. The lowest BCUT2D eigenvalue weighted by atomic mass is 10.2. The van der Waals surface area contributed by atoms with Crippen molar-refractivity contribution in [2.45, 2.75) is 6.92 Å². The molecule has 5 nitrogen and oxygen atoms in total. The predicted molar refractivity (Wildman–Crippen MR) is 111 cm³/mol. The van der Waals surface area contributed by atoms with Crippen LogP contribution in [0.4, 0.5) is 15.8 Å². The highest BCUT2D eigenvalue weighted by Crippen LogP contribution is 2.36. The Kier molecular flexibility index (Phi) is 5.14. The number of ether oxygens (including phenoxy) is 1. The number of imide groups is 1. The lowest BCUT2D eigenvalue weighted by molar-refractivity contribution is -0.120. The number of para-hydroxylation sites is 1. The third-order valence-electron chi connectivity index (χ3n) is 4.38.